The van der Waals surface area contributed by atoms with Crippen LogP contribution in [0.3, 0.4) is 0 Å². The van der Waals surface area contributed by atoms with Crippen LogP contribution in [0.2, 0.25) is 0 Å². The van der Waals surface area contributed by atoms with Gasteiger partial charge in [-0.1, -0.05) is 49.2 Å². The molecule has 1 aliphatic heterocycles. The van der Waals surface area contributed by atoms with E-state index in [0.29, 0.717) is 19.0 Å². The molecule has 2 amide bonds. The van der Waals surface area contributed by atoms with E-state index in [9.17, 15) is 9.59 Å². The number of nitrogens with one attached hydrogen (secondary N) is 1. The maximum Gasteiger partial charge on any atom is 0.225 e. The molecular weight excluding hydrogens is 324 g/mol. The first kappa shape index (κ1) is 17.1. The van der Waals surface area contributed by atoms with Gasteiger partial charge in [0.1, 0.15) is 0 Å². The highest BCUT2D eigenvalue weighted by atomic mass is 16.2. The quantitative estimate of drug-likeness (QED) is 0.911. The number of carbonyl (C=O) groups is 2. The Hall–Kier alpha value is -2.36. The first-order chi connectivity index (χ1) is 12.6. The van der Waals surface area contributed by atoms with Gasteiger partial charge in [-0.25, -0.2) is 0 Å². The number of nitrogens with zero attached hydrogens (tertiary/aromatic N) is 1. The summed E-state index contributed by atoms with van der Waals surface area (Å²) in [5.74, 6) is -0.0686. The summed E-state index contributed by atoms with van der Waals surface area (Å²) in [4.78, 5) is 27.0. The van der Waals surface area contributed by atoms with Crippen molar-refractivity contribution in [3.05, 3.63) is 48.0 Å². The van der Waals surface area contributed by atoms with E-state index in [1.165, 1.54) is 23.6 Å². The second-order valence-electron chi connectivity index (χ2n) is 7.72. The van der Waals surface area contributed by atoms with E-state index in [-0.39, 0.29) is 23.8 Å². The Balaban J connectivity index is 1.41. The maximum atomic E-state index is 12.7. The predicted molar refractivity (Wildman–Crippen MR) is 103 cm³/mol. The molecule has 2 unspecified atom stereocenters. The monoisotopic (exact) mass is 350 g/mol. The number of likely N-dealkylation sites (tertiary alicyclic amines) is 1. The molecule has 0 radical (unpaired) electrons. The van der Waals surface area contributed by atoms with Crippen LogP contribution in [0.1, 0.15) is 50.6 Å². The third kappa shape index (κ3) is 3.33. The molecule has 1 saturated carbocycles. The third-order valence-corrected chi connectivity index (χ3v) is 5.93. The summed E-state index contributed by atoms with van der Waals surface area (Å²) in [7, 11) is 0. The van der Waals surface area contributed by atoms with Gasteiger partial charge in [0.2, 0.25) is 11.8 Å². The fourth-order valence-electron chi connectivity index (χ4n) is 4.37. The van der Waals surface area contributed by atoms with Crippen molar-refractivity contribution in [3.63, 3.8) is 0 Å². The van der Waals surface area contributed by atoms with Crippen molar-refractivity contribution in [1.82, 2.24) is 10.2 Å². The maximum absolute atomic E-state index is 12.7. The largest absolute Gasteiger partial charge is 0.349 e. The first-order valence-corrected chi connectivity index (χ1v) is 9.70. The van der Waals surface area contributed by atoms with Crippen molar-refractivity contribution < 1.29 is 9.59 Å². The SMILES string of the molecule is CC(NC(=O)C1CC(=O)N(C2CCCC2)C1)c1ccc2ccccc2c1. The molecule has 1 N–H and O–H groups in total. The lowest BCUT2D eigenvalue weighted by Crippen LogP contribution is -2.37. The minimum atomic E-state index is -0.217. The summed E-state index contributed by atoms with van der Waals surface area (Å²) in [6.07, 6.45) is 4.93. The number of fused-ring (bicyclic) bond motifs is 1. The zero-order chi connectivity index (χ0) is 18.1. The smallest absolute Gasteiger partial charge is 0.225 e. The molecule has 2 aliphatic rings. The minimum Gasteiger partial charge on any atom is -0.349 e. The molecule has 2 fully saturated rings. The molecule has 136 valence electrons. The Morgan fingerprint density at radius 3 is 2.62 bits per heavy atom. The molecule has 4 nitrogen and oxygen atoms in total. The van der Waals surface area contributed by atoms with Crippen molar-refractivity contribution >= 4 is 22.6 Å². The molecular formula is C22H26N2O2. The predicted octanol–water partition coefficient (Wildman–Crippen LogP) is 3.81. The summed E-state index contributed by atoms with van der Waals surface area (Å²) in [6, 6.07) is 14.8. The van der Waals surface area contributed by atoms with Gasteiger partial charge in [-0.05, 0) is 42.2 Å². The number of rotatable bonds is 4. The molecule has 2 atom stereocenters. The lowest BCUT2D eigenvalue weighted by molar-refractivity contribution is -0.130. The molecule has 4 heteroatoms. The minimum absolute atomic E-state index is 0.000458. The fraction of sp³-hybridized carbons (Fsp3) is 0.455. The highest BCUT2D eigenvalue weighted by Crippen LogP contribution is 2.30. The van der Waals surface area contributed by atoms with Crippen molar-refractivity contribution in [2.24, 2.45) is 5.92 Å². The highest BCUT2D eigenvalue weighted by molar-refractivity contribution is 5.90. The van der Waals surface area contributed by atoms with E-state index >= 15 is 0 Å². The van der Waals surface area contributed by atoms with E-state index in [4.69, 9.17) is 0 Å². The zero-order valence-electron chi connectivity index (χ0n) is 15.3. The highest BCUT2D eigenvalue weighted by Gasteiger charge is 2.38. The van der Waals surface area contributed by atoms with Crippen LogP contribution in [-0.4, -0.2) is 29.3 Å². The Bertz CT molecular complexity index is 826. The summed E-state index contributed by atoms with van der Waals surface area (Å²) in [6.45, 7) is 2.59. The Morgan fingerprint density at radius 2 is 1.85 bits per heavy atom. The average Bonchev–Trinajstić information content (AvgIpc) is 3.30. The van der Waals surface area contributed by atoms with Crippen LogP contribution in [0.5, 0.6) is 0 Å². The summed E-state index contributed by atoms with van der Waals surface area (Å²) in [5, 5.41) is 5.49. The standard InChI is InChI=1S/C22H26N2O2/c1-15(17-11-10-16-6-2-3-7-18(16)12-17)23-22(26)19-13-21(25)24(14-19)20-8-4-5-9-20/h2-3,6-7,10-12,15,19-20H,4-5,8-9,13-14H2,1H3,(H,23,26). The Kier molecular flexibility index (Phi) is 4.66. The molecule has 2 aromatic rings. The van der Waals surface area contributed by atoms with Gasteiger partial charge in [-0.3, -0.25) is 9.59 Å². The van der Waals surface area contributed by atoms with Gasteiger partial charge in [0.15, 0.2) is 0 Å². The number of benzene rings is 2. The van der Waals surface area contributed by atoms with Crippen molar-refractivity contribution in [2.45, 2.75) is 51.1 Å². The van der Waals surface area contributed by atoms with E-state index in [2.05, 4.69) is 35.6 Å². The second kappa shape index (κ2) is 7.10. The molecule has 1 heterocycles. The second-order valence-corrected chi connectivity index (χ2v) is 7.72. The van der Waals surface area contributed by atoms with Gasteiger partial charge in [0, 0.05) is 19.0 Å². The van der Waals surface area contributed by atoms with Crippen LogP contribution >= 0.6 is 0 Å². The normalized spacial score (nSPS) is 22.1. The molecule has 4 rings (SSSR count). The Labute approximate surface area is 154 Å². The number of carbonyl (C=O) groups excluding carboxylic acids is 2. The first-order valence-electron chi connectivity index (χ1n) is 9.70. The zero-order valence-corrected chi connectivity index (χ0v) is 15.3. The van der Waals surface area contributed by atoms with Gasteiger partial charge in [-0.2, -0.15) is 0 Å². The molecule has 0 aromatic heterocycles. The van der Waals surface area contributed by atoms with E-state index < -0.39 is 0 Å². The van der Waals surface area contributed by atoms with Gasteiger partial charge in [0.25, 0.3) is 0 Å². The molecule has 1 aliphatic carbocycles. The Morgan fingerprint density at radius 1 is 1.12 bits per heavy atom. The van der Waals surface area contributed by atoms with Crippen LogP contribution in [-0.2, 0) is 9.59 Å². The summed E-state index contributed by atoms with van der Waals surface area (Å²) in [5.41, 5.74) is 1.09. The average molecular weight is 350 g/mol. The van der Waals surface area contributed by atoms with Crippen LogP contribution in [0.15, 0.2) is 42.5 Å². The van der Waals surface area contributed by atoms with Gasteiger partial charge >= 0.3 is 0 Å². The molecule has 1 saturated heterocycles. The van der Waals surface area contributed by atoms with Gasteiger partial charge in [-0.15, -0.1) is 0 Å². The van der Waals surface area contributed by atoms with Crippen molar-refractivity contribution in [2.75, 3.05) is 6.54 Å². The van der Waals surface area contributed by atoms with Crippen LogP contribution in [0.4, 0.5) is 0 Å². The molecule has 0 bridgehead atoms. The van der Waals surface area contributed by atoms with Crippen molar-refractivity contribution in [3.8, 4) is 0 Å². The van der Waals surface area contributed by atoms with Gasteiger partial charge < -0.3 is 10.2 Å². The number of hydrogen-bond donors (Lipinski definition) is 1. The summed E-state index contributed by atoms with van der Waals surface area (Å²) >= 11 is 0. The van der Waals surface area contributed by atoms with Crippen molar-refractivity contribution in [1.29, 1.82) is 0 Å². The van der Waals surface area contributed by atoms with E-state index in [1.807, 2.05) is 24.0 Å². The van der Waals surface area contributed by atoms with Gasteiger partial charge in [0.05, 0.1) is 12.0 Å². The topological polar surface area (TPSA) is 49.4 Å². The van der Waals surface area contributed by atoms with E-state index in [0.717, 1.165) is 18.4 Å². The molecule has 26 heavy (non-hydrogen) atoms. The van der Waals surface area contributed by atoms with Crippen LogP contribution < -0.4 is 5.32 Å². The third-order valence-electron chi connectivity index (χ3n) is 5.93. The molecule has 0 spiro atoms. The molecule has 2 aromatic carbocycles. The van der Waals surface area contributed by atoms with Crippen LogP contribution in [0, 0.1) is 5.92 Å². The van der Waals surface area contributed by atoms with E-state index in [1.54, 1.807) is 0 Å². The lowest BCUT2D eigenvalue weighted by atomic mass is 10.0. The fourth-order valence-corrected chi connectivity index (χ4v) is 4.37. The lowest BCUT2D eigenvalue weighted by Gasteiger charge is -2.24. The number of amides is 2. The van der Waals surface area contributed by atoms with Crippen LogP contribution in [0.25, 0.3) is 10.8 Å². The summed E-state index contributed by atoms with van der Waals surface area (Å²) < 4.78 is 0. The number of hydrogen-bond acceptors (Lipinski definition) is 2.